The molecule has 4 aromatic rings. The molecule has 1 aliphatic rings. The van der Waals surface area contributed by atoms with Crippen LogP contribution in [-0.2, 0) is 17.8 Å². The van der Waals surface area contributed by atoms with Crippen LogP contribution in [0.2, 0.25) is 0 Å². The molecule has 0 spiro atoms. The first-order chi connectivity index (χ1) is 17.2. The quantitative estimate of drug-likeness (QED) is 0.341. The molecular weight excluding hydrogens is 458 g/mol. The highest BCUT2D eigenvalue weighted by molar-refractivity contribution is 7.17. The van der Waals surface area contributed by atoms with Crippen LogP contribution < -0.4 is 4.74 Å². The summed E-state index contributed by atoms with van der Waals surface area (Å²) in [7, 11) is 1.67. The number of fused-ring (bicyclic) bond motifs is 1. The fraction of sp³-hybridized carbons (Fsp3) is 0.321. The molecule has 182 valence electrons. The zero-order valence-corrected chi connectivity index (χ0v) is 20.9. The van der Waals surface area contributed by atoms with Crippen molar-refractivity contribution in [2.75, 3.05) is 46.5 Å². The van der Waals surface area contributed by atoms with Gasteiger partial charge in [0.05, 0.1) is 30.5 Å². The molecule has 3 heterocycles. The second kappa shape index (κ2) is 11.1. The molecule has 7 heteroatoms. The van der Waals surface area contributed by atoms with E-state index >= 15 is 0 Å². The zero-order valence-electron chi connectivity index (χ0n) is 20.1. The monoisotopic (exact) mass is 489 g/mol. The minimum Gasteiger partial charge on any atom is -0.497 e. The van der Waals surface area contributed by atoms with E-state index in [1.54, 1.807) is 18.4 Å². The van der Waals surface area contributed by atoms with Crippen molar-refractivity contribution in [3.8, 4) is 5.75 Å². The fourth-order valence-electron chi connectivity index (χ4n) is 4.54. The lowest BCUT2D eigenvalue weighted by Gasteiger charge is -2.30. The molecule has 2 aromatic carbocycles. The maximum absolute atomic E-state index is 14.1. The van der Waals surface area contributed by atoms with Crippen molar-refractivity contribution in [2.45, 2.75) is 13.1 Å². The summed E-state index contributed by atoms with van der Waals surface area (Å²) < 4.78 is 14.1. The first-order valence-corrected chi connectivity index (χ1v) is 12.9. The molecule has 0 unspecified atom stereocenters. The first-order valence-electron chi connectivity index (χ1n) is 12.0. The van der Waals surface area contributed by atoms with Gasteiger partial charge < -0.3 is 18.9 Å². The number of carbonyl (C=O) groups is 1. The van der Waals surface area contributed by atoms with E-state index in [-0.39, 0.29) is 5.91 Å². The maximum atomic E-state index is 14.1. The van der Waals surface area contributed by atoms with Crippen molar-refractivity contribution in [2.24, 2.45) is 0 Å². The average molecular weight is 490 g/mol. The van der Waals surface area contributed by atoms with E-state index in [2.05, 4.69) is 39.1 Å². The van der Waals surface area contributed by atoms with Gasteiger partial charge in [0.1, 0.15) is 11.4 Å². The number of thiophene rings is 1. The van der Waals surface area contributed by atoms with E-state index in [1.165, 1.54) is 5.56 Å². The van der Waals surface area contributed by atoms with Gasteiger partial charge in [0.25, 0.3) is 5.91 Å². The Morgan fingerprint density at radius 1 is 1.03 bits per heavy atom. The van der Waals surface area contributed by atoms with Crippen molar-refractivity contribution in [1.82, 2.24) is 14.4 Å². The number of hydrogen-bond acceptors (Lipinski definition) is 5. The standard InChI is InChI=1S/C28H31N3O3S/c1-33-24-9-7-23(8-10-24)20-30(13-12-29-14-16-34-17-15-29)28(32)26-19-27-25(11-18-35-27)31(26)21-22-5-3-2-4-6-22/h2-11,18-19H,12-17,20-21H2,1H3. The van der Waals surface area contributed by atoms with E-state index in [9.17, 15) is 4.79 Å². The summed E-state index contributed by atoms with van der Waals surface area (Å²) in [5.41, 5.74) is 4.12. The second-order valence-electron chi connectivity index (χ2n) is 8.80. The van der Waals surface area contributed by atoms with Crippen molar-refractivity contribution in [3.05, 3.63) is 88.9 Å². The third-order valence-electron chi connectivity index (χ3n) is 6.53. The van der Waals surface area contributed by atoms with Crippen LogP contribution in [0.15, 0.2) is 72.1 Å². The van der Waals surface area contributed by atoms with Crippen molar-refractivity contribution >= 4 is 27.5 Å². The van der Waals surface area contributed by atoms with Crippen molar-refractivity contribution in [3.63, 3.8) is 0 Å². The van der Waals surface area contributed by atoms with Crippen LogP contribution in [-0.4, -0.2) is 66.8 Å². The molecule has 1 amide bonds. The Balaban J connectivity index is 1.43. The van der Waals surface area contributed by atoms with E-state index in [0.717, 1.165) is 60.1 Å². The topological polar surface area (TPSA) is 46.9 Å². The summed E-state index contributed by atoms with van der Waals surface area (Å²) >= 11 is 1.68. The minimum absolute atomic E-state index is 0.0633. The number of benzene rings is 2. The summed E-state index contributed by atoms with van der Waals surface area (Å²) in [6.07, 6.45) is 0. The molecule has 0 radical (unpaired) electrons. The van der Waals surface area contributed by atoms with Gasteiger partial charge in [-0.3, -0.25) is 9.69 Å². The van der Waals surface area contributed by atoms with Crippen LogP contribution in [0, 0.1) is 0 Å². The fourth-order valence-corrected chi connectivity index (χ4v) is 5.37. The smallest absolute Gasteiger partial charge is 0.270 e. The number of ether oxygens (including phenoxy) is 2. The number of carbonyl (C=O) groups excluding carboxylic acids is 1. The molecule has 1 aliphatic heterocycles. The molecule has 1 saturated heterocycles. The zero-order chi connectivity index (χ0) is 24.0. The Morgan fingerprint density at radius 3 is 2.54 bits per heavy atom. The number of amides is 1. The summed E-state index contributed by atoms with van der Waals surface area (Å²) in [5, 5.41) is 2.09. The molecule has 0 atom stereocenters. The Bertz CT molecular complexity index is 1240. The summed E-state index contributed by atoms with van der Waals surface area (Å²) in [6, 6.07) is 22.5. The molecule has 2 aromatic heterocycles. The van der Waals surface area contributed by atoms with Gasteiger partial charge in [0, 0.05) is 39.3 Å². The van der Waals surface area contributed by atoms with Crippen LogP contribution >= 0.6 is 11.3 Å². The summed E-state index contributed by atoms with van der Waals surface area (Å²) in [5.74, 6) is 0.880. The number of hydrogen-bond donors (Lipinski definition) is 0. The van der Waals surface area contributed by atoms with Crippen molar-refractivity contribution < 1.29 is 14.3 Å². The lowest BCUT2D eigenvalue weighted by atomic mass is 10.2. The molecule has 0 saturated carbocycles. The Labute approximate surface area is 210 Å². The van der Waals surface area contributed by atoms with E-state index in [0.29, 0.717) is 19.6 Å². The average Bonchev–Trinajstić information content (AvgIpc) is 3.50. The third kappa shape index (κ3) is 5.59. The molecule has 35 heavy (non-hydrogen) atoms. The van der Waals surface area contributed by atoms with Gasteiger partial charge in [-0.05, 0) is 40.8 Å². The van der Waals surface area contributed by atoms with Gasteiger partial charge in [0.2, 0.25) is 0 Å². The molecular formula is C28H31N3O3S. The molecule has 6 nitrogen and oxygen atoms in total. The van der Waals surface area contributed by atoms with Crippen LogP contribution in [0.25, 0.3) is 10.2 Å². The normalized spacial score (nSPS) is 14.3. The highest BCUT2D eigenvalue weighted by Gasteiger charge is 2.23. The number of rotatable bonds is 9. The second-order valence-corrected chi connectivity index (χ2v) is 9.75. The Kier molecular flexibility index (Phi) is 7.47. The number of morpholine rings is 1. The predicted molar refractivity (Wildman–Crippen MR) is 140 cm³/mol. The SMILES string of the molecule is COc1ccc(CN(CCN2CCOCC2)C(=O)c2cc3sccc3n2Cc2ccccc2)cc1. The van der Waals surface area contributed by atoms with Gasteiger partial charge in [0.15, 0.2) is 0 Å². The Hall–Kier alpha value is -3.13. The van der Waals surface area contributed by atoms with Gasteiger partial charge in [-0.1, -0.05) is 42.5 Å². The predicted octanol–water partition coefficient (Wildman–Crippen LogP) is 4.73. The number of nitrogens with zero attached hydrogens (tertiary/aromatic N) is 3. The number of aromatic nitrogens is 1. The molecule has 0 bridgehead atoms. The Morgan fingerprint density at radius 2 is 1.80 bits per heavy atom. The third-order valence-corrected chi connectivity index (χ3v) is 7.39. The highest BCUT2D eigenvalue weighted by Crippen LogP contribution is 2.27. The lowest BCUT2D eigenvalue weighted by Crippen LogP contribution is -2.43. The highest BCUT2D eigenvalue weighted by atomic mass is 32.1. The van der Waals surface area contributed by atoms with Crippen LogP contribution in [0.1, 0.15) is 21.6 Å². The summed E-state index contributed by atoms with van der Waals surface area (Å²) in [4.78, 5) is 18.4. The maximum Gasteiger partial charge on any atom is 0.270 e. The van der Waals surface area contributed by atoms with Crippen LogP contribution in [0.4, 0.5) is 0 Å². The van der Waals surface area contributed by atoms with Crippen molar-refractivity contribution in [1.29, 1.82) is 0 Å². The lowest BCUT2D eigenvalue weighted by molar-refractivity contribution is 0.0319. The summed E-state index contributed by atoms with van der Waals surface area (Å²) in [6.45, 7) is 6.04. The van der Waals surface area contributed by atoms with E-state index in [4.69, 9.17) is 9.47 Å². The van der Waals surface area contributed by atoms with Gasteiger partial charge >= 0.3 is 0 Å². The first kappa shape index (κ1) is 23.6. The largest absolute Gasteiger partial charge is 0.497 e. The molecule has 0 aliphatic carbocycles. The molecule has 5 rings (SSSR count). The van der Waals surface area contributed by atoms with Crippen LogP contribution in [0.5, 0.6) is 5.75 Å². The number of methoxy groups -OCH3 is 1. The molecule has 1 fully saturated rings. The molecule has 0 N–H and O–H groups in total. The van der Waals surface area contributed by atoms with Gasteiger partial charge in [-0.2, -0.15) is 0 Å². The van der Waals surface area contributed by atoms with Gasteiger partial charge in [-0.15, -0.1) is 11.3 Å². The van der Waals surface area contributed by atoms with E-state index in [1.807, 2.05) is 47.4 Å². The minimum atomic E-state index is 0.0633. The van der Waals surface area contributed by atoms with Crippen LogP contribution in [0.3, 0.4) is 0 Å². The van der Waals surface area contributed by atoms with Gasteiger partial charge in [-0.25, -0.2) is 0 Å². The van der Waals surface area contributed by atoms with E-state index < -0.39 is 0 Å².